The van der Waals surface area contributed by atoms with Crippen LogP contribution in [0.3, 0.4) is 0 Å². The molecule has 2 aliphatic heterocycles. The van der Waals surface area contributed by atoms with Gasteiger partial charge in [-0.15, -0.1) is 0 Å². The number of anilines is 1. The van der Waals surface area contributed by atoms with Crippen molar-refractivity contribution in [3.8, 4) is 22.6 Å². The number of nitrogens with zero attached hydrogens (tertiary/aromatic N) is 4. The summed E-state index contributed by atoms with van der Waals surface area (Å²) in [5.74, 6) is -4.61. The number of halogens is 3. The maximum Gasteiger partial charge on any atom is 0.303 e. The molecular formula is C22H15F3N4O4. The number of rotatable bonds is 4. The van der Waals surface area contributed by atoms with Crippen molar-refractivity contribution in [2.45, 2.75) is 31.3 Å². The molecular weight excluding hydrogens is 441 g/mol. The Morgan fingerprint density at radius 1 is 1.09 bits per heavy atom. The van der Waals surface area contributed by atoms with Gasteiger partial charge in [0.15, 0.2) is 23.2 Å². The molecule has 0 radical (unpaired) electrons. The minimum Gasteiger partial charge on any atom is -0.481 e. The van der Waals surface area contributed by atoms with Crippen LogP contribution in [0.4, 0.5) is 18.9 Å². The van der Waals surface area contributed by atoms with Crippen LogP contribution in [0.15, 0.2) is 41.2 Å². The minimum atomic E-state index is -1.39. The SMILES string of the molecule is O=C(O)CCC12CCC(=O)N1c1cc(F)c(F)cc1-c1nc(=O)c(-c3ccc(F)cc3)nn12. The number of fused-ring (bicyclic) bond motifs is 6. The molecule has 0 aliphatic carbocycles. The summed E-state index contributed by atoms with van der Waals surface area (Å²) >= 11 is 0. The summed E-state index contributed by atoms with van der Waals surface area (Å²) in [5, 5.41) is 13.7. The monoisotopic (exact) mass is 456 g/mol. The second kappa shape index (κ2) is 7.26. The number of amides is 1. The third kappa shape index (κ3) is 3.11. The van der Waals surface area contributed by atoms with Gasteiger partial charge in [0.2, 0.25) is 5.91 Å². The van der Waals surface area contributed by atoms with Crippen LogP contribution in [0.5, 0.6) is 0 Å². The first-order valence-electron chi connectivity index (χ1n) is 10.0. The van der Waals surface area contributed by atoms with Gasteiger partial charge in [0.1, 0.15) is 11.5 Å². The van der Waals surface area contributed by atoms with E-state index in [4.69, 9.17) is 0 Å². The van der Waals surface area contributed by atoms with Crippen molar-refractivity contribution >= 4 is 17.6 Å². The zero-order chi connectivity index (χ0) is 23.5. The van der Waals surface area contributed by atoms with Crippen LogP contribution in [0.2, 0.25) is 0 Å². The van der Waals surface area contributed by atoms with Crippen molar-refractivity contribution in [3.05, 3.63) is 64.2 Å². The molecule has 1 saturated heterocycles. The molecule has 2 aromatic carbocycles. The van der Waals surface area contributed by atoms with Gasteiger partial charge in [0.05, 0.1) is 5.69 Å². The number of hydrogen-bond donors (Lipinski definition) is 1. The Bertz CT molecular complexity index is 1390. The van der Waals surface area contributed by atoms with Gasteiger partial charge in [0, 0.05) is 42.9 Å². The minimum absolute atomic E-state index is 0.00280. The van der Waals surface area contributed by atoms with Crippen LogP contribution in [0, 0.1) is 17.5 Å². The Balaban J connectivity index is 1.83. The Labute approximate surface area is 183 Å². The number of aliphatic carboxylic acids is 1. The molecule has 1 amide bonds. The number of aromatic nitrogens is 3. The summed E-state index contributed by atoms with van der Waals surface area (Å²) in [6.07, 6.45) is -0.357. The van der Waals surface area contributed by atoms with Crippen LogP contribution < -0.4 is 10.5 Å². The van der Waals surface area contributed by atoms with Crippen molar-refractivity contribution in [3.63, 3.8) is 0 Å². The first-order chi connectivity index (χ1) is 15.7. The maximum atomic E-state index is 14.2. The third-order valence-electron chi connectivity index (χ3n) is 5.99. The molecule has 0 bridgehead atoms. The van der Waals surface area contributed by atoms with E-state index in [9.17, 15) is 32.7 Å². The van der Waals surface area contributed by atoms with Crippen LogP contribution >= 0.6 is 0 Å². The number of benzene rings is 2. The van der Waals surface area contributed by atoms with Gasteiger partial charge in [-0.2, -0.15) is 10.1 Å². The fraction of sp³-hybridized carbons (Fsp3) is 0.227. The highest BCUT2D eigenvalue weighted by molar-refractivity contribution is 6.01. The molecule has 168 valence electrons. The number of carbonyl (C=O) groups is 2. The second-order valence-corrected chi connectivity index (χ2v) is 7.90. The molecule has 1 N–H and O–H groups in total. The molecule has 3 aromatic rings. The van der Waals surface area contributed by atoms with Gasteiger partial charge < -0.3 is 5.11 Å². The summed E-state index contributed by atoms with van der Waals surface area (Å²) in [4.78, 5) is 42.4. The highest BCUT2D eigenvalue weighted by atomic mass is 19.2. The number of carbonyl (C=O) groups excluding carboxylic acids is 1. The van der Waals surface area contributed by atoms with Gasteiger partial charge in [0.25, 0.3) is 5.56 Å². The largest absolute Gasteiger partial charge is 0.481 e. The van der Waals surface area contributed by atoms with Gasteiger partial charge in [-0.25, -0.2) is 17.9 Å². The van der Waals surface area contributed by atoms with E-state index in [1.165, 1.54) is 21.7 Å². The highest BCUT2D eigenvalue weighted by Gasteiger charge is 2.53. The van der Waals surface area contributed by atoms with Gasteiger partial charge in [-0.05, 0) is 30.3 Å². The van der Waals surface area contributed by atoms with Gasteiger partial charge in [-0.3, -0.25) is 19.3 Å². The number of carboxylic acids is 1. The highest BCUT2D eigenvalue weighted by Crippen LogP contribution is 2.50. The van der Waals surface area contributed by atoms with Gasteiger partial charge in [-0.1, -0.05) is 0 Å². The van der Waals surface area contributed by atoms with Crippen LogP contribution in [0.25, 0.3) is 22.6 Å². The fourth-order valence-corrected chi connectivity index (χ4v) is 4.51. The number of hydrogen-bond acceptors (Lipinski definition) is 5. The lowest BCUT2D eigenvalue weighted by Crippen LogP contribution is -2.53. The molecule has 5 rings (SSSR count). The maximum absolute atomic E-state index is 14.2. The number of carboxylic acid groups (broad SMARTS) is 1. The smallest absolute Gasteiger partial charge is 0.303 e. The van der Waals surface area contributed by atoms with Crippen LogP contribution in [-0.2, 0) is 15.3 Å². The molecule has 1 fully saturated rings. The molecule has 8 nitrogen and oxygen atoms in total. The van der Waals surface area contributed by atoms with Crippen molar-refractivity contribution in [2.24, 2.45) is 0 Å². The van der Waals surface area contributed by atoms with Crippen molar-refractivity contribution in [1.29, 1.82) is 0 Å². The second-order valence-electron chi connectivity index (χ2n) is 7.90. The van der Waals surface area contributed by atoms with E-state index in [2.05, 4.69) is 10.1 Å². The summed E-state index contributed by atoms with van der Waals surface area (Å²) < 4.78 is 42.9. The average Bonchev–Trinajstić information content (AvgIpc) is 3.12. The Morgan fingerprint density at radius 3 is 2.48 bits per heavy atom. The molecule has 33 heavy (non-hydrogen) atoms. The van der Waals surface area contributed by atoms with E-state index in [-0.39, 0.29) is 54.0 Å². The molecule has 3 heterocycles. The van der Waals surface area contributed by atoms with Crippen molar-refractivity contribution in [1.82, 2.24) is 14.8 Å². The Hall–Kier alpha value is -4.02. The zero-order valence-electron chi connectivity index (χ0n) is 16.9. The van der Waals surface area contributed by atoms with Crippen LogP contribution in [0.1, 0.15) is 25.7 Å². The van der Waals surface area contributed by atoms with Crippen molar-refractivity contribution < 1.29 is 27.9 Å². The van der Waals surface area contributed by atoms with E-state index in [1.54, 1.807) is 0 Å². The summed E-state index contributed by atoms with van der Waals surface area (Å²) in [7, 11) is 0. The fourth-order valence-electron chi connectivity index (χ4n) is 4.51. The molecule has 1 unspecified atom stereocenters. The quantitative estimate of drug-likeness (QED) is 0.647. The van der Waals surface area contributed by atoms with E-state index in [0.29, 0.717) is 0 Å². The normalized spacial score (nSPS) is 18.6. The molecule has 0 saturated carbocycles. The van der Waals surface area contributed by atoms with E-state index >= 15 is 0 Å². The summed E-state index contributed by atoms with van der Waals surface area (Å²) in [6.45, 7) is 0. The zero-order valence-corrected chi connectivity index (χ0v) is 16.9. The van der Waals surface area contributed by atoms with Crippen LogP contribution in [-0.4, -0.2) is 31.7 Å². The van der Waals surface area contributed by atoms with Gasteiger partial charge >= 0.3 is 5.97 Å². The Kier molecular flexibility index (Phi) is 4.59. The van der Waals surface area contributed by atoms with E-state index in [1.807, 2.05) is 0 Å². The van der Waals surface area contributed by atoms with Crippen molar-refractivity contribution in [2.75, 3.05) is 4.90 Å². The average molecular weight is 456 g/mol. The molecule has 1 atom stereocenters. The summed E-state index contributed by atoms with van der Waals surface area (Å²) in [6, 6.07) is 6.61. The predicted molar refractivity (Wildman–Crippen MR) is 109 cm³/mol. The lowest BCUT2D eigenvalue weighted by Gasteiger charge is -2.44. The molecule has 11 heteroatoms. The Morgan fingerprint density at radius 2 is 1.79 bits per heavy atom. The lowest BCUT2D eigenvalue weighted by atomic mass is 9.95. The standard InChI is InChI=1S/C22H15F3N4O4/c23-12-3-1-11(2-4-12)19-21(33)26-20-13-9-14(24)15(25)10-16(13)28-17(30)5-7-22(28,29(20)27-19)8-6-18(31)32/h1-4,9-10H,5-8H2,(H,31,32). The molecule has 2 aliphatic rings. The molecule has 0 spiro atoms. The van der Waals surface area contributed by atoms with E-state index in [0.717, 1.165) is 24.3 Å². The predicted octanol–water partition coefficient (Wildman–Crippen LogP) is 3.05. The third-order valence-corrected chi connectivity index (χ3v) is 5.99. The first kappa shape index (κ1) is 20.9. The molecule has 1 aromatic heterocycles. The first-order valence-corrected chi connectivity index (χ1v) is 10.0. The summed E-state index contributed by atoms with van der Waals surface area (Å²) in [5.41, 5.74) is -2.12. The lowest BCUT2D eigenvalue weighted by molar-refractivity contribution is -0.137. The topological polar surface area (TPSA) is 105 Å². The van der Waals surface area contributed by atoms with E-state index < -0.39 is 40.6 Å².